The quantitative estimate of drug-likeness (QED) is 0.0534. The van der Waals surface area contributed by atoms with Gasteiger partial charge in [-0.2, -0.15) is 0 Å². The van der Waals surface area contributed by atoms with Crippen molar-refractivity contribution in [2.24, 2.45) is 0 Å². The smallest absolute Gasteiger partial charge is 0.217 e. The Morgan fingerprint density at radius 3 is 1.36 bits per heavy atom. The van der Waals surface area contributed by atoms with E-state index in [2.05, 4.69) is 11.9 Å². The summed E-state index contributed by atoms with van der Waals surface area (Å²) >= 11 is 0. The summed E-state index contributed by atoms with van der Waals surface area (Å²) < 4.78 is 68.5. The fourth-order valence-corrected chi connectivity index (χ4v) is 9.13. The predicted molar refractivity (Wildman–Crippen MR) is 223 cm³/mol. The van der Waals surface area contributed by atoms with Crippen LogP contribution in [-0.2, 0) is 61.6 Å². The second-order valence-electron chi connectivity index (χ2n) is 18.1. The minimum Gasteiger partial charge on any atom is -0.394 e. The number of aliphatic hydroxyl groups is 17. The summed E-state index contributed by atoms with van der Waals surface area (Å²) in [6.07, 6.45) is -51.9. The molecule has 6 rings (SSSR count). The minimum absolute atomic E-state index is 0.111. The highest BCUT2D eigenvalue weighted by Gasteiger charge is 2.58. The molecular weight excluding hydrogens is 986 g/mol. The molecule has 6 aliphatic heterocycles. The molecule has 72 heavy (non-hydrogen) atoms. The van der Waals surface area contributed by atoms with Crippen LogP contribution in [0.3, 0.4) is 0 Å². The molecule has 6 aliphatic rings. The molecule has 0 aromatic rings. The third-order valence-electron chi connectivity index (χ3n) is 13.2. The van der Waals surface area contributed by atoms with Gasteiger partial charge in [-0.05, 0) is 6.92 Å². The fourth-order valence-electron chi connectivity index (χ4n) is 9.13. The number of hydrogen-bond acceptors (Lipinski definition) is 30. The van der Waals surface area contributed by atoms with Gasteiger partial charge < -0.3 is 149 Å². The minimum atomic E-state index is -2.21. The second kappa shape index (κ2) is 25.9. The average Bonchev–Trinajstić information content (AvgIpc) is 3.36. The van der Waals surface area contributed by atoms with Crippen LogP contribution in [-0.4, -0.2) is 317 Å². The van der Waals surface area contributed by atoms with E-state index in [1.54, 1.807) is 0 Å². The lowest BCUT2D eigenvalue weighted by Crippen LogP contribution is -2.70. The molecule has 1 amide bonds. The standard InChI is InChI=1S/C41H69NO30/c1-4-5-61-37-28(58)25(55)31(16(9-46)66-37)68-39-29(59)26(56)32(17(10-47)67-39)69-40-30(60)34(22(52)15(8-45)64-40)71-36-18(42-12(3)48)33(21(51)14(7-44)63-36)70-41-35(24(54)20(50)13(6-43)65-41)72-38-27(57)23(53)19(49)11(2)62-38/h4,11,13-41,43-47,49-60H,1,5-10H2,2-3H3,(H,42,48)/t11-,13+,14+,15+,16+,17+,18+,19+,20-,21-,22-,23+,24-,25+,26+,27-,28+,29+,30+,31+,32-,33+,34-,35+,36-,37+,38-,39-,40-,41-/m0/s1. The van der Waals surface area contributed by atoms with Crippen molar-refractivity contribution in [3.05, 3.63) is 12.7 Å². The molecule has 18 N–H and O–H groups in total. The van der Waals surface area contributed by atoms with Crippen molar-refractivity contribution >= 4 is 5.91 Å². The molecule has 30 atom stereocenters. The molecule has 0 aromatic carbocycles. The maximum atomic E-state index is 12.8. The van der Waals surface area contributed by atoms with Crippen LogP contribution in [0.4, 0.5) is 0 Å². The van der Waals surface area contributed by atoms with Gasteiger partial charge in [-0.15, -0.1) is 6.58 Å². The van der Waals surface area contributed by atoms with Crippen LogP contribution in [0.5, 0.6) is 0 Å². The van der Waals surface area contributed by atoms with Crippen molar-refractivity contribution in [1.82, 2.24) is 5.32 Å². The number of amides is 1. The van der Waals surface area contributed by atoms with E-state index in [0.717, 1.165) is 6.92 Å². The largest absolute Gasteiger partial charge is 0.394 e. The van der Waals surface area contributed by atoms with E-state index in [4.69, 9.17) is 56.8 Å². The topological polar surface area (TPSA) is 484 Å². The Bertz CT molecular complexity index is 1690. The SMILES string of the molecule is C=CCO[C@@H]1O[C@H](CO)[C@@H](O[C@@H]2O[C@H](CO)[C@H](O[C@@H]3O[C@H](CO)[C@H](O)[C@H](O[C@@H]4O[C@H](CO)[C@H](O)[C@H](O[C@@H]5O[C@H](CO)[C@H](O)[C@H](O)[C@H]5O[C@@H]5O[C@@H](C)[C@@H](O)[C@@H](O)[C@@H]5O)[C@H]4NC(C)=O)[C@H]3O)[C@H](O)[C@H]2O)[C@H](O)[C@H]1O. The summed E-state index contributed by atoms with van der Waals surface area (Å²) in [6, 6.07) is -1.78. The van der Waals surface area contributed by atoms with Gasteiger partial charge in [-0.25, -0.2) is 0 Å². The lowest BCUT2D eigenvalue weighted by molar-refractivity contribution is -0.393. The van der Waals surface area contributed by atoms with Gasteiger partial charge in [0, 0.05) is 6.92 Å². The summed E-state index contributed by atoms with van der Waals surface area (Å²) in [5.41, 5.74) is 0. The molecule has 0 radical (unpaired) electrons. The number of carbonyl (C=O) groups is 1. The van der Waals surface area contributed by atoms with Gasteiger partial charge in [0.2, 0.25) is 5.91 Å². The van der Waals surface area contributed by atoms with Gasteiger partial charge in [0.05, 0.1) is 45.7 Å². The first-order valence-corrected chi connectivity index (χ1v) is 23.1. The third-order valence-corrected chi connectivity index (χ3v) is 13.2. The molecule has 6 saturated heterocycles. The van der Waals surface area contributed by atoms with Crippen LogP contribution >= 0.6 is 0 Å². The van der Waals surface area contributed by atoms with Crippen molar-refractivity contribution in [2.45, 2.75) is 198 Å². The van der Waals surface area contributed by atoms with Crippen molar-refractivity contribution in [3.8, 4) is 0 Å². The molecule has 31 nitrogen and oxygen atoms in total. The Balaban J connectivity index is 1.22. The van der Waals surface area contributed by atoms with Crippen molar-refractivity contribution in [3.63, 3.8) is 0 Å². The number of nitrogens with one attached hydrogen (secondary N) is 1. The Kier molecular flexibility index (Phi) is 21.4. The monoisotopic (exact) mass is 1060 g/mol. The lowest BCUT2D eigenvalue weighted by Gasteiger charge is -2.51. The average molecular weight is 1060 g/mol. The van der Waals surface area contributed by atoms with Crippen LogP contribution in [0.15, 0.2) is 12.7 Å². The molecule has 0 aromatic heterocycles. The highest BCUT2D eigenvalue weighted by molar-refractivity contribution is 5.73. The van der Waals surface area contributed by atoms with Crippen molar-refractivity contribution in [2.75, 3.05) is 39.6 Å². The highest BCUT2D eigenvalue weighted by Crippen LogP contribution is 2.37. The van der Waals surface area contributed by atoms with Crippen LogP contribution in [0.1, 0.15) is 13.8 Å². The summed E-state index contributed by atoms with van der Waals surface area (Å²) in [4.78, 5) is 12.8. The first kappa shape index (κ1) is 59.3. The molecule has 0 spiro atoms. The molecule has 0 saturated carbocycles. The summed E-state index contributed by atoms with van der Waals surface area (Å²) in [5.74, 6) is -0.859. The zero-order valence-corrected chi connectivity index (χ0v) is 38.8. The predicted octanol–water partition coefficient (Wildman–Crippen LogP) is -11.7. The van der Waals surface area contributed by atoms with Crippen LogP contribution in [0, 0.1) is 0 Å². The number of ether oxygens (including phenoxy) is 12. The van der Waals surface area contributed by atoms with Crippen molar-refractivity contribution in [1.29, 1.82) is 0 Å². The molecule has 418 valence electrons. The van der Waals surface area contributed by atoms with Gasteiger partial charge >= 0.3 is 0 Å². The maximum Gasteiger partial charge on any atom is 0.217 e. The lowest BCUT2D eigenvalue weighted by atomic mass is 9.94. The molecule has 0 bridgehead atoms. The Morgan fingerprint density at radius 1 is 0.431 bits per heavy atom. The van der Waals surface area contributed by atoms with Crippen LogP contribution in [0.25, 0.3) is 0 Å². The van der Waals surface area contributed by atoms with E-state index >= 15 is 0 Å². The normalized spacial score (nSPS) is 50.3. The zero-order chi connectivity index (χ0) is 53.0. The summed E-state index contributed by atoms with van der Waals surface area (Å²) in [5, 5.41) is 186. The van der Waals surface area contributed by atoms with Gasteiger partial charge in [0.1, 0.15) is 140 Å². The first-order valence-electron chi connectivity index (χ1n) is 23.1. The maximum absolute atomic E-state index is 12.8. The van der Waals surface area contributed by atoms with E-state index in [9.17, 15) is 91.6 Å². The van der Waals surface area contributed by atoms with E-state index in [1.807, 2.05) is 0 Å². The number of rotatable bonds is 19. The third kappa shape index (κ3) is 12.6. The van der Waals surface area contributed by atoms with E-state index in [1.165, 1.54) is 13.0 Å². The highest BCUT2D eigenvalue weighted by atomic mass is 16.8. The van der Waals surface area contributed by atoms with E-state index < -0.39 is 223 Å². The summed E-state index contributed by atoms with van der Waals surface area (Å²) in [7, 11) is 0. The van der Waals surface area contributed by atoms with Gasteiger partial charge in [-0.3, -0.25) is 4.79 Å². The molecule has 0 aliphatic carbocycles. The zero-order valence-electron chi connectivity index (χ0n) is 38.8. The van der Waals surface area contributed by atoms with E-state index in [-0.39, 0.29) is 6.61 Å². The Morgan fingerprint density at radius 2 is 0.819 bits per heavy atom. The van der Waals surface area contributed by atoms with Crippen LogP contribution < -0.4 is 5.32 Å². The van der Waals surface area contributed by atoms with Gasteiger partial charge in [0.25, 0.3) is 0 Å². The van der Waals surface area contributed by atoms with Gasteiger partial charge in [-0.1, -0.05) is 6.08 Å². The summed E-state index contributed by atoms with van der Waals surface area (Å²) in [6.45, 7) is 0.912. The fraction of sp³-hybridized carbons (Fsp3) is 0.927. The second-order valence-corrected chi connectivity index (χ2v) is 18.1. The van der Waals surface area contributed by atoms with Crippen molar-refractivity contribution < 1.29 is 148 Å². The molecule has 6 fully saturated rings. The number of aliphatic hydroxyl groups excluding tert-OH is 17. The van der Waals surface area contributed by atoms with Crippen LogP contribution in [0.2, 0.25) is 0 Å². The van der Waals surface area contributed by atoms with E-state index in [0.29, 0.717) is 0 Å². The molecule has 31 heteroatoms. The Labute approximate surface area is 409 Å². The Hall–Kier alpha value is -1.95. The molecular formula is C41H69NO30. The van der Waals surface area contributed by atoms with Gasteiger partial charge in [0.15, 0.2) is 37.7 Å². The molecule has 0 unspecified atom stereocenters. The number of hydrogen-bond donors (Lipinski definition) is 18. The first-order chi connectivity index (χ1) is 34.2. The number of carbonyl (C=O) groups excluding carboxylic acids is 1. The molecule has 6 heterocycles.